The van der Waals surface area contributed by atoms with E-state index in [0.717, 1.165) is 27.5 Å². The molecule has 0 aliphatic heterocycles. The van der Waals surface area contributed by atoms with Gasteiger partial charge >= 0.3 is 0 Å². The summed E-state index contributed by atoms with van der Waals surface area (Å²) in [5.74, 6) is 0. The van der Waals surface area contributed by atoms with Gasteiger partial charge in [-0.1, -0.05) is 178 Å². The van der Waals surface area contributed by atoms with Crippen LogP contribution in [-0.4, -0.2) is 0 Å². The van der Waals surface area contributed by atoms with E-state index in [1.165, 1.54) is 104 Å². The zero-order valence-corrected chi connectivity index (χ0v) is 33.4. The quantitative estimate of drug-likeness (QED) is 0.163. The first-order chi connectivity index (χ1) is 29.5. The number of hydrogen-bond acceptors (Lipinski definition) is 1. The maximum absolute atomic E-state index is 6.98. The van der Waals surface area contributed by atoms with Gasteiger partial charge in [-0.25, -0.2) is 0 Å². The summed E-state index contributed by atoms with van der Waals surface area (Å²) in [5, 5.41) is 14.7. The van der Waals surface area contributed by atoms with E-state index in [9.17, 15) is 0 Å². The Labute approximate surface area is 347 Å². The lowest BCUT2D eigenvalue weighted by atomic mass is 9.80. The third kappa shape index (κ3) is 4.63. The highest BCUT2D eigenvalue weighted by Crippen LogP contribution is 2.53. The van der Waals surface area contributed by atoms with E-state index in [2.05, 4.69) is 208 Å². The lowest BCUT2D eigenvalue weighted by molar-refractivity contribution is 0.660. The number of benzene rings is 11. The van der Waals surface area contributed by atoms with Crippen LogP contribution < -0.4 is 0 Å². The minimum absolute atomic E-state index is 0.188. The van der Waals surface area contributed by atoms with E-state index < -0.39 is 0 Å². The van der Waals surface area contributed by atoms with E-state index >= 15 is 0 Å². The molecule has 0 fully saturated rings. The minimum Gasteiger partial charge on any atom is -0.455 e. The molecular formula is C59H38O. The second-order valence-electron chi connectivity index (χ2n) is 17.2. The summed E-state index contributed by atoms with van der Waals surface area (Å²) in [5.41, 5.74) is 14.4. The Bertz CT molecular complexity index is 3750. The van der Waals surface area contributed by atoms with Crippen molar-refractivity contribution in [2.24, 2.45) is 0 Å². The third-order valence-electron chi connectivity index (χ3n) is 13.6. The normalized spacial score (nSPS) is 13.3. The summed E-state index contributed by atoms with van der Waals surface area (Å²) in [4.78, 5) is 0. The van der Waals surface area contributed by atoms with Gasteiger partial charge in [-0.3, -0.25) is 0 Å². The van der Waals surface area contributed by atoms with Gasteiger partial charge < -0.3 is 4.42 Å². The number of furan rings is 1. The SMILES string of the molecule is CC1(C)c2ccc(-c3cc4ccccc4c4c3oc3c5ccccc5ccc34)cc2-c2ccc(-c3c4ccccc4c(-c4ccc5ccccc5c4)c4ccccc34)cc21. The highest BCUT2D eigenvalue weighted by Gasteiger charge is 2.36. The van der Waals surface area contributed by atoms with Crippen LogP contribution in [0.15, 0.2) is 199 Å². The lowest BCUT2D eigenvalue weighted by Gasteiger charge is -2.23. The Kier molecular flexibility index (Phi) is 6.85. The molecule has 1 heteroatoms. The zero-order valence-electron chi connectivity index (χ0n) is 33.4. The first-order valence-corrected chi connectivity index (χ1v) is 21.0. The van der Waals surface area contributed by atoms with Gasteiger partial charge in [-0.2, -0.15) is 0 Å². The molecule has 1 heterocycles. The molecule has 0 spiro atoms. The molecule has 1 aliphatic rings. The van der Waals surface area contributed by atoms with E-state index in [0.29, 0.717) is 0 Å². The van der Waals surface area contributed by atoms with Crippen molar-refractivity contribution < 1.29 is 4.42 Å². The van der Waals surface area contributed by atoms with Crippen molar-refractivity contribution in [3.05, 3.63) is 205 Å². The fraction of sp³-hybridized carbons (Fsp3) is 0.0508. The third-order valence-corrected chi connectivity index (χ3v) is 13.6. The van der Waals surface area contributed by atoms with Crippen molar-refractivity contribution in [1.29, 1.82) is 0 Å². The van der Waals surface area contributed by atoms with E-state index in [-0.39, 0.29) is 5.41 Å². The van der Waals surface area contributed by atoms with E-state index in [4.69, 9.17) is 4.42 Å². The van der Waals surface area contributed by atoms with Gasteiger partial charge in [-0.15, -0.1) is 0 Å². The average molecular weight is 763 g/mol. The Morgan fingerprint density at radius 2 is 0.867 bits per heavy atom. The van der Waals surface area contributed by atoms with E-state index in [1.54, 1.807) is 0 Å². The lowest BCUT2D eigenvalue weighted by Crippen LogP contribution is -2.15. The van der Waals surface area contributed by atoms with Crippen molar-refractivity contribution in [2.45, 2.75) is 19.3 Å². The molecule has 11 aromatic carbocycles. The summed E-state index contributed by atoms with van der Waals surface area (Å²) >= 11 is 0. The standard InChI is InChI=1S/C59H38O/c1-59(2)52-30-27-39(50-32-38-16-6-7-17-42(38)56-49-29-25-36-14-5-8-18-43(36)57(49)60-58(50)56)33-51(52)44-28-26-41(34-53(44)59)55-47-21-11-9-19-45(47)54(46-20-10-12-22-48(46)55)40-24-23-35-13-3-4-15-37(35)31-40/h3-34H,1-2H3. The molecule has 1 nitrogen and oxygen atoms in total. The highest BCUT2D eigenvalue weighted by atomic mass is 16.3. The van der Waals surface area contributed by atoms with Gasteiger partial charge in [0.05, 0.1) is 0 Å². The molecule has 280 valence electrons. The topological polar surface area (TPSA) is 13.1 Å². The molecule has 0 atom stereocenters. The summed E-state index contributed by atoms with van der Waals surface area (Å²) in [6.07, 6.45) is 0. The van der Waals surface area contributed by atoms with Crippen LogP contribution in [-0.2, 0) is 5.41 Å². The number of fused-ring (bicyclic) bond motifs is 13. The molecule has 0 radical (unpaired) electrons. The molecule has 13 rings (SSSR count). The smallest absolute Gasteiger partial charge is 0.143 e. The maximum Gasteiger partial charge on any atom is 0.143 e. The Morgan fingerprint density at radius 3 is 1.58 bits per heavy atom. The highest BCUT2D eigenvalue weighted by molar-refractivity contribution is 6.26. The molecule has 0 unspecified atom stereocenters. The van der Waals surface area contributed by atoms with Crippen molar-refractivity contribution in [3.63, 3.8) is 0 Å². The Hall–Kier alpha value is -7.48. The van der Waals surface area contributed by atoms with Crippen molar-refractivity contribution >= 4 is 75.8 Å². The Morgan fingerprint density at radius 1 is 0.317 bits per heavy atom. The molecule has 1 aliphatic carbocycles. The molecule has 12 aromatic rings. The second-order valence-corrected chi connectivity index (χ2v) is 17.2. The van der Waals surface area contributed by atoms with Gasteiger partial charge in [-0.05, 0) is 129 Å². The molecule has 0 amide bonds. The van der Waals surface area contributed by atoms with Crippen LogP contribution in [0.4, 0.5) is 0 Å². The predicted molar refractivity (Wildman–Crippen MR) is 255 cm³/mol. The van der Waals surface area contributed by atoms with Crippen molar-refractivity contribution in [1.82, 2.24) is 0 Å². The Balaban J connectivity index is 1.00. The second kappa shape index (κ2) is 12.3. The van der Waals surface area contributed by atoms with Crippen LogP contribution in [0, 0.1) is 0 Å². The predicted octanol–water partition coefficient (Wildman–Crippen LogP) is 16.7. The van der Waals surface area contributed by atoms with Crippen LogP contribution >= 0.6 is 0 Å². The van der Waals surface area contributed by atoms with Gasteiger partial charge in [0.25, 0.3) is 0 Å². The molecular weight excluding hydrogens is 725 g/mol. The van der Waals surface area contributed by atoms with E-state index in [1.807, 2.05) is 0 Å². The van der Waals surface area contributed by atoms with Gasteiger partial charge in [0.15, 0.2) is 0 Å². The first kappa shape index (κ1) is 33.5. The van der Waals surface area contributed by atoms with Gasteiger partial charge in [0, 0.05) is 27.1 Å². The molecule has 0 saturated heterocycles. The average Bonchev–Trinajstić information content (AvgIpc) is 3.80. The molecule has 0 N–H and O–H groups in total. The fourth-order valence-corrected chi connectivity index (χ4v) is 10.7. The zero-order chi connectivity index (χ0) is 39.7. The number of rotatable bonds is 3. The van der Waals surface area contributed by atoms with Crippen LogP contribution in [0.1, 0.15) is 25.0 Å². The van der Waals surface area contributed by atoms with Crippen LogP contribution in [0.2, 0.25) is 0 Å². The van der Waals surface area contributed by atoms with Gasteiger partial charge in [0.1, 0.15) is 11.2 Å². The van der Waals surface area contributed by atoms with Gasteiger partial charge in [0.2, 0.25) is 0 Å². The summed E-state index contributed by atoms with van der Waals surface area (Å²) < 4.78 is 6.98. The van der Waals surface area contributed by atoms with Crippen LogP contribution in [0.3, 0.4) is 0 Å². The van der Waals surface area contributed by atoms with Crippen LogP contribution in [0.25, 0.3) is 120 Å². The van der Waals surface area contributed by atoms with Crippen molar-refractivity contribution in [2.75, 3.05) is 0 Å². The van der Waals surface area contributed by atoms with Crippen molar-refractivity contribution in [3.8, 4) is 44.5 Å². The van der Waals surface area contributed by atoms with Crippen LogP contribution in [0.5, 0.6) is 0 Å². The molecule has 0 saturated carbocycles. The maximum atomic E-state index is 6.98. The molecule has 1 aromatic heterocycles. The summed E-state index contributed by atoms with van der Waals surface area (Å²) in [6, 6.07) is 71.9. The number of hydrogen-bond donors (Lipinski definition) is 0. The largest absolute Gasteiger partial charge is 0.455 e. The first-order valence-electron chi connectivity index (χ1n) is 21.0. The summed E-state index contributed by atoms with van der Waals surface area (Å²) in [7, 11) is 0. The monoisotopic (exact) mass is 762 g/mol. The molecule has 0 bridgehead atoms. The minimum atomic E-state index is -0.188. The molecule has 60 heavy (non-hydrogen) atoms. The summed E-state index contributed by atoms with van der Waals surface area (Å²) in [6.45, 7) is 4.78. The fourth-order valence-electron chi connectivity index (χ4n) is 10.7.